The van der Waals surface area contributed by atoms with Crippen LogP contribution in [-0.2, 0) is 6.42 Å². The molecule has 26 heavy (non-hydrogen) atoms. The predicted octanol–water partition coefficient (Wildman–Crippen LogP) is 1.72. The third-order valence-electron chi connectivity index (χ3n) is 5.42. The monoisotopic (exact) mass is 373 g/mol. The Kier molecular flexibility index (Phi) is 3.65. The van der Waals surface area contributed by atoms with E-state index < -0.39 is 23.2 Å². The van der Waals surface area contributed by atoms with Gasteiger partial charge in [-0.2, -0.15) is 13.2 Å². The molecule has 4 rings (SSSR count). The van der Waals surface area contributed by atoms with Crippen LogP contribution in [0.1, 0.15) is 12.5 Å². The molecule has 0 bridgehead atoms. The highest BCUT2D eigenvalue weighted by Crippen LogP contribution is 2.47. The topological polar surface area (TPSA) is 79.1 Å². The zero-order valence-corrected chi connectivity index (χ0v) is 14.0. The number of nitro groups is 1. The van der Waals surface area contributed by atoms with Crippen LogP contribution in [0.3, 0.4) is 0 Å². The Labute approximate surface area is 147 Å². The lowest BCUT2D eigenvalue weighted by molar-refractivity contribution is -0.384. The highest BCUT2D eigenvalue weighted by Gasteiger charge is 2.55. The first kappa shape index (κ1) is 17.3. The quantitative estimate of drug-likeness (QED) is 0.640. The van der Waals surface area contributed by atoms with E-state index in [1.165, 1.54) is 11.0 Å². The van der Waals surface area contributed by atoms with Gasteiger partial charge >= 0.3 is 6.18 Å². The molecule has 2 saturated heterocycles. The van der Waals surface area contributed by atoms with Gasteiger partial charge in [-0.25, -0.2) is 0 Å². The number of nitro benzene ring substituents is 1. The van der Waals surface area contributed by atoms with Crippen LogP contribution in [0.5, 0.6) is 5.75 Å². The first-order valence-electron chi connectivity index (χ1n) is 8.29. The number of rotatable bonds is 4. The number of alkyl halides is 3. The van der Waals surface area contributed by atoms with E-state index in [1.807, 2.05) is 0 Å². The number of fused-ring (bicyclic) bond motifs is 2. The van der Waals surface area contributed by atoms with Gasteiger partial charge in [-0.3, -0.25) is 15.0 Å². The van der Waals surface area contributed by atoms with Crippen LogP contribution in [-0.4, -0.2) is 65.0 Å². The second-order valence-electron chi connectivity index (χ2n) is 7.42. The van der Waals surface area contributed by atoms with E-state index in [2.05, 4.69) is 0 Å². The molecule has 3 atom stereocenters. The lowest BCUT2D eigenvalue weighted by Gasteiger charge is -2.62. The Morgan fingerprint density at radius 1 is 1.38 bits per heavy atom. The normalized spacial score (nSPS) is 30.1. The van der Waals surface area contributed by atoms with Crippen molar-refractivity contribution in [3.63, 3.8) is 0 Å². The molecule has 0 radical (unpaired) electrons. The zero-order chi connectivity index (χ0) is 18.9. The van der Waals surface area contributed by atoms with Gasteiger partial charge in [-0.1, -0.05) is 0 Å². The summed E-state index contributed by atoms with van der Waals surface area (Å²) in [6.07, 6.45) is -3.88. The molecule has 142 valence electrons. The van der Waals surface area contributed by atoms with Gasteiger partial charge in [0.05, 0.1) is 24.1 Å². The Balaban J connectivity index is 1.56. The molecule has 0 aromatic heterocycles. The minimum atomic E-state index is -4.24. The minimum absolute atomic E-state index is 0.0812. The molecular formula is C16H18F3N3O4. The average molecular weight is 373 g/mol. The van der Waals surface area contributed by atoms with Crippen molar-refractivity contribution in [1.29, 1.82) is 0 Å². The van der Waals surface area contributed by atoms with Crippen molar-refractivity contribution in [3.8, 4) is 5.75 Å². The van der Waals surface area contributed by atoms with E-state index in [4.69, 9.17) is 4.74 Å². The van der Waals surface area contributed by atoms with Crippen molar-refractivity contribution in [2.24, 2.45) is 0 Å². The summed E-state index contributed by atoms with van der Waals surface area (Å²) in [5, 5.41) is 20.9. The minimum Gasteiger partial charge on any atom is -0.484 e. The molecule has 0 saturated carbocycles. The van der Waals surface area contributed by atoms with Crippen molar-refractivity contribution < 1.29 is 27.9 Å². The molecule has 1 aromatic carbocycles. The lowest BCUT2D eigenvalue weighted by atomic mass is 9.84. The van der Waals surface area contributed by atoms with Crippen molar-refractivity contribution in [3.05, 3.63) is 27.8 Å². The molecule has 1 N–H and O–H groups in total. The molecule has 3 aliphatic rings. The van der Waals surface area contributed by atoms with E-state index >= 15 is 0 Å². The number of likely N-dealkylation sites (tertiary alicyclic amines) is 1. The van der Waals surface area contributed by atoms with Crippen molar-refractivity contribution in [2.75, 3.05) is 31.1 Å². The van der Waals surface area contributed by atoms with Crippen LogP contribution in [0.4, 0.5) is 24.5 Å². The maximum absolute atomic E-state index is 12.5. The molecule has 3 heterocycles. The third kappa shape index (κ3) is 2.67. The van der Waals surface area contributed by atoms with Gasteiger partial charge < -0.3 is 14.7 Å². The van der Waals surface area contributed by atoms with Gasteiger partial charge in [-0.15, -0.1) is 0 Å². The van der Waals surface area contributed by atoms with Crippen molar-refractivity contribution in [1.82, 2.24) is 4.90 Å². The lowest BCUT2D eigenvalue weighted by Crippen LogP contribution is -2.79. The molecule has 0 amide bonds. The summed E-state index contributed by atoms with van der Waals surface area (Å²) >= 11 is 0. The largest absolute Gasteiger partial charge is 0.484 e. The van der Waals surface area contributed by atoms with E-state index in [0.29, 0.717) is 30.0 Å². The van der Waals surface area contributed by atoms with Crippen LogP contribution in [0, 0.1) is 10.1 Å². The average Bonchev–Trinajstić information content (AvgIpc) is 2.85. The maximum atomic E-state index is 12.5. The number of nitrogens with zero attached hydrogens (tertiary/aromatic N) is 3. The number of aliphatic hydroxyl groups excluding tert-OH is 1. The number of aliphatic hydroxyl groups is 1. The fourth-order valence-corrected chi connectivity index (χ4v) is 4.04. The summed E-state index contributed by atoms with van der Waals surface area (Å²) in [4.78, 5) is 14.1. The molecular weight excluding hydrogens is 355 g/mol. The van der Waals surface area contributed by atoms with Crippen LogP contribution in [0.15, 0.2) is 12.1 Å². The number of halogens is 3. The van der Waals surface area contributed by atoms with Crippen molar-refractivity contribution >= 4 is 11.4 Å². The van der Waals surface area contributed by atoms with E-state index in [1.54, 1.807) is 17.9 Å². The van der Waals surface area contributed by atoms with Crippen molar-refractivity contribution in [2.45, 2.75) is 37.2 Å². The van der Waals surface area contributed by atoms with Crippen LogP contribution in [0.2, 0.25) is 0 Å². The number of hydrogen-bond donors (Lipinski definition) is 1. The second-order valence-corrected chi connectivity index (χ2v) is 7.42. The fourth-order valence-electron chi connectivity index (χ4n) is 4.04. The van der Waals surface area contributed by atoms with Crippen LogP contribution >= 0.6 is 0 Å². The van der Waals surface area contributed by atoms with E-state index in [9.17, 15) is 28.4 Å². The third-order valence-corrected chi connectivity index (χ3v) is 5.42. The Bertz CT molecular complexity index is 772. The second kappa shape index (κ2) is 5.46. The number of hydrogen-bond acceptors (Lipinski definition) is 6. The van der Waals surface area contributed by atoms with Crippen LogP contribution < -0.4 is 9.64 Å². The molecule has 0 spiro atoms. The molecule has 0 aliphatic carbocycles. The SMILES string of the molecule is CC1(CO)Cc2cc([N+](=O)[O-])c(N3CC4[C@H]3CN4CC(F)(F)F)cc2O1. The van der Waals surface area contributed by atoms with Gasteiger partial charge in [0.15, 0.2) is 0 Å². The predicted molar refractivity (Wildman–Crippen MR) is 85.5 cm³/mol. The van der Waals surface area contributed by atoms with Gasteiger partial charge in [0.2, 0.25) is 0 Å². The summed E-state index contributed by atoms with van der Waals surface area (Å²) in [5.74, 6) is 0.483. The molecule has 2 unspecified atom stereocenters. The number of ether oxygens (including phenoxy) is 1. The number of anilines is 1. The Hall–Kier alpha value is -2.07. The molecule has 7 nitrogen and oxygen atoms in total. The highest BCUT2D eigenvalue weighted by atomic mass is 19.4. The smallest absolute Gasteiger partial charge is 0.401 e. The summed E-state index contributed by atoms with van der Waals surface area (Å²) < 4.78 is 43.3. The van der Waals surface area contributed by atoms with Gasteiger partial charge in [0.1, 0.15) is 17.0 Å². The van der Waals surface area contributed by atoms with Crippen LogP contribution in [0.25, 0.3) is 0 Å². The molecule has 3 aliphatic heterocycles. The molecule has 1 aromatic rings. The first-order chi connectivity index (χ1) is 12.1. The summed E-state index contributed by atoms with van der Waals surface area (Å²) in [7, 11) is 0. The molecule has 2 fully saturated rings. The van der Waals surface area contributed by atoms with Gasteiger partial charge in [0, 0.05) is 43.2 Å². The van der Waals surface area contributed by atoms with E-state index in [0.717, 1.165) is 0 Å². The van der Waals surface area contributed by atoms with E-state index in [-0.39, 0.29) is 30.9 Å². The Morgan fingerprint density at radius 2 is 2.12 bits per heavy atom. The van der Waals surface area contributed by atoms with Gasteiger partial charge in [0.25, 0.3) is 5.69 Å². The number of piperazine rings is 1. The molecule has 10 heteroatoms. The standard InChI is InChI=1S/C16H18F3N3O4/c1-15(8-23)4-9-2-11(22(24)25)10(3-14(9)26-15)21-6-12-13(21)5-20(12)7-16(17,18)19/h2-3,12-13,23H,4-8H2,1H3/t12?,13-,15?/m1/s1. The summed E-state index contributed by atoms with van der Waals surface area (Å²) in [6, 6.07) is 2.65. The zero-order valence-electron chi connectivity index (χ0n) is 14.0. The first-order valence-corrected chi connectivity index (χ1v) is 8.29. The maximum Gasteiger partial charge on any atom is 0.401 e. The summed E-state index contributed by atoms with van der Waals surface area (Å²) in [6.45, 7) is 1.10. The summed E-state index contributed by atoms with van der Waals surface area (Å²) in [5.41, 5.74) is 0.124. The van der Waals surface area contributed by atoms with Gasteiger partial charge in [-0.05, 0) is 6.92 Å². The fraction of sp³-hybridized carbons (Fsp3) is 0.625. The Morgan fingerprint density at radius 3 is 2.65 bits per heavy atom. The number of benzene rings is 1. The highest BCUT2D eigenvalue weighted by molar-refractivity contribution is 5.71.